The van der Waals surface area contributed by atoms with Crippen LogP contribution in [-0.2, 0) is 9.53 Å². The standard InChI is InChI=1S/C20H14F3N3O4/c1-10-15(12(9-24)19(29-10)26-7-3-4-8-26)20(28)30-11(2)18(27)25-14-6-5-13(21)16(22)17(14)23/h3-8,11H,1-2H3,(H,25,27). The highest BCUT2D eigenvalue weighted by Crippen LogP contribution is 2.26. The van der Waals surface area contributed by atoms with E-state index in [2.05, 4.69) is 0 Å². The molecule has 1 N–H and O–H groups in total. The van der Waals surface area contributed by atoms with Crippen LogP contribution in [0.5, 0.6) is 0 Å². The molecule has 3 aromatic rings. The largest absolute Gasteiger partial charge is 0.449 e. The number of carbonyl (C=O) groups is 2. The number of hydrogen-bond acceptors (Lipinski definition) is 5. The van der Waals surface area contributed by atoms with Crippen LogP contribution >= 0.6 is 0 Å². The summed E-state index contributed by atoms with van der Waals surface area (Å²) in [7, 11) is 0. The van der Waals surface area contributed by atoms with Gasteiger partial charge in [-0.25, -0.2) is 18.0 Å². The topological polar surface area (TPSA) is 97.3 Å². The van der Waals surface area contributed by atoms with E-state index in [-0.39, 0.29) is 22.8 Å². The lowest BCUT2D eigenvalue weighted by atomic mass is 10.1. The third kappa shape index (κ3) is 3.77. The maximum atomic E-state index is 13.7. The summed E-state index contributed by atoms with van der Waals surface area (Å²) in [6.07, 6.45) is 1.78. The molecule has 0 saturated carbocycles. The molecule has 3 rings (SSSR count). The molecule has 0 aliphatic carbocycles. The molecule has 1 unspecified atom stereocenters. The number of amides is 1. The average Bonchev–Trinajstić information content (AvgIpc) is 3.35. The van der Waals surface area contributed by atoms with Crippen molar-refractivity contribution in [2.24, 2.45) is 0 Å². The zero-order valence-electron chi connectivity index (χ0n) is 15.7. The van der Waals surface area contributed by atoms with Crippen LogP contribution in [0.3, 0.4) is 0 Å². The molecule has 0 radical (unpaired) electrons. The molecule has 2 aromatic heterocycles. The number of halogens is 3. The lowest BCUT2D eigenvalue weighted by Gasteiger charge is -2.14. The maximum absolute atomic E-state index is 13.7. The predicted octanol–water partition coefficient (Wildman–Crippen LogP) is 3.85. The van der Waals surface area contributed by atoms with Gasteiger partial charge in [0, 0.05) is 12.4 Å². The number of nitriles is 1. The highest BCUT2D eigenvalue weighted by molar-refractivity contribution is 5.99. The van der Waals surface area contributed by atoms with Crippen molar-refractivity contribution in [2.75, 3.05) is 5.32 Å². The second kappa shape index (κ2) is 8.16. The second-order valence-corrected chi connectivity index (χ2v) is 6.18. The molecule has 30 heavy (non-hydrogen) atoms. The first-order valence-electron chi connectivity index (χ1n) is 8.56. The van der Waals surface area contributed by atoms with Crippen molar-refractivity contribution in [1.29, 1.82) is 5.26 Å². The molecule has 1 aromatic carbocycles. The number of hydrogen-bond donors (Lipinski definition) is 1. The number of rotatable bonds is 5. The van der Waals surface area contributed by atoms with Gasteiger partial charge < -0.3 is 14.5 Å². The fourth-order valence-electron chi connectivity index (χ4n) is 2.66. The van der Waals surface area contributed by atoms with E-state index in [0.717, 1.165) is 6.07 Å². The van der Waals surface area contributed by atoms with E-state index in [1.54, 1.807) is 24.5 Å². The summed E-state index contributed by atoms with van der Waals surface area (Å²) in [5, 5.41) is 11.5. The van der Waals surface area contributed by atoms with Crippen LogP contribution in [0.25, 0.3) is 5.88 Å². The van der Waals surface area contributed by atoms with Gasteiger partial charge in [-0.3, -0.25) is 9.36 Å². The van der Waals surface area contributed by atoms with Gasteiger partial charge in [-0.1, -0.05) is 0 Å². The minimum atomic E-state index is -1.75. The molecule has 2 heterocycles. The predicted molar refractivity (Wildman–Crippen MR) is 97.3 cm³/mol. The summed E-state index contributed by atoms with van der Waals surface area (Å²) in [6.45, 7) is 2.64. The summed E-state index contributed by atoms with van der Waals surface area (Å²) in [5.74, 6) is -6.55. The molecule has 10 heteroatoms. The van der Waals surface area contributed by atoms with Gasteiger partial charge in [-0.05, 0) is 38.1 Å². The summed E-state index contributed by atoms with van der Waals surface area (Å²) in [4.78, 5) is 24.8. The van der Waals surface area contributed by atoms with Crippen molar-refractivity contribution in [3.63, 3.8) is 0 Å². The highest BCUT2D eigenvalue weighted by Gasteiger charge is 2.29. The molecule has 154 valence electrons. The Kier molecular flexibility index (Phi) is 5.64. The first-order valence-corrected chi connectivity index (χ1v) is 8.56. The SMILES string of the molecule is Cc1oc(-n2cccc2)c(C#N)c1C(=O)OC(C)C(=O)Nc1ccc(F)c(F)c1F. The van der Waals surface area contributed by atoms with Crippen molar-refractivity contribution < 1.29 is 31.9 Å². The molecule has 0 saturated heterocycles. The van der Waals surface area contributed by atoms with E-state index < -0.39 is 41.1 Å². The molecule has 0 bridgehead atoms. The van der Waals surface area contributed by atoms with Gasteiger partial charge in [0.25, 0.3) is 5.91 Å². The Balaban J connectivity index is 1.79. The van der Waals surface area contributed by atoms with Crippen LogP contribution < -0.4 is 5.32 Å². The number of furan rings is 1. The van der Waals surface area contributed by atoms with Gasteiger partial charge >= 0.3 is 5.97 Å². The number of carbonyl (C=O) groups excluding carboxylic acids is 2. The number of benzene rings is 1. The lowest BCUT2D eigenvalue weighted by Crippen LogP contribution is -2.30. The van der Waals surface area contributed by atoms with E-state index in [4.69, 9.17) is 9.15 Å². The van der Waals surface area contributed by atoms with Gasteiger partial charge in [-0.15, -0.1) is 0 Å². The van der Waals surface area contributed by atoms with Crippen molar-refractivity contribution in [3.05, 3.63) is 71.0 Å². The number of nitrogens with zero attached hydrogens (tertiary/aromatic N) is 2. The highest BCUT2D eigenvalue weighted by atomic mass is 19.2. The van der Waals surface area contributed by atoms with Crippen molar-refractivity contribution in [3.8, 4) is 12.0 Å². The summed E-state index contributed by atoms with van der Waals surface area (Å²) in [5.41, 5.74) is -0.873. The Morgan fingerprint density at radius 2 is 1.87 bits per heavy atom. The Bertz CT molecular complexity index is 1160. The minimum absolute atomic E-state index is 0.0899. The monoisotopic (exact) mass is 417 g/mol. The molecule has 1 amide bonds. The van der Waals surface area contributed by atoms with Crippen LogP contribution in [0.1, 0.15) is 28.6 Å². The smallest absolute Gasteiger partial charge is 0.343 e. The van der Waals surface area contributed by atoms with E-state index in [0.29, 0.717) is 6.07 Å². The number of esters is 1. The van der Waals surface area contributed by atoms with Gasteiger partial charge in [0.05, 0.1) is 5.69 Å². The Morgan fingerprint density at radius 3 is 2.50 bits per heavy atom. The molecule has 1 atom stereocenters. The summed E-state index contributed by atoms with van der Waals surface area (Å²) in [6, 6.07) is 6.73. The lowest BCUT2D eigenvalue weighted by molar-refractivity contribution is -0.123. The van der Waals surface area contributed by atoms with Crippen molar-refractivity contribution in [2.45, 2.75) is 20.0 Å². The summed E-state index contributed by atoms with van der Waals surface area (Å²) < 4.78 is 52.0. The molecule has 0 fully saturated rings. The Hall–Kier alpha value is -4.00. The third-order valence-electron chi connectivity index (χ3n) is 4.17. The third-order valence-corrected chi connectivity index (χ3v) is 4.17. The molecular formula is C20H14F3N3O4. The van der Waals surface area contributed by atoms with Crippen molar-refractivity contribution in [1.82, 2.24) is 4.57 Å². The average molecular weight is 417 g/mol. The van der Waals surface area contributed by atoms with Gasteiger partial charge in [0.1, 0.15) is 23.0 Å². The quantitative estimate of drug-likeness (QED) is 0.502. The number of anilines is 1. The van der Waals surface area contributed by atoms with Crippen LogP contribution in [0, 0.1) is 35.7 Å². The normalized spacial score (nSPS) is 11.6. The Labute approximate surface area is 168 Å². The number of ether oxygens (including phenoxy) is 1. The number of nitrogens with one attached hydrogen (secondary N) is 1. The van der Waals surface area contributed by atoms with E-state index in [1.807, 2.05) is 11.4 Å². The molecular weight excluding hydrogens is 403 g/mol. The van der Waals surface area contributed by atoms with Crippen molar-refractivity contribution >= 4 is 17.6 Å². The fourth-order valence-corrected chi connectivity index (χ4v) is 2.66. The number of aryl methyl sites for hydroxylation is 1. The van der Waals surface area contributed by atoms with Crippen LogP contribution in [-0.4, -0.2) is 22.5 Å². The van der Waals surface area contributed by atoms with Crippen LogP contribution in [0.15, 0.2) is 41.1 Å². The summed E-state index contributed by atoms with van der Waals surface area (Å²) >= 11 is 0. The molecule has 0 aliphatic rings. The fraction of sp³-hybridized carbons (Fsp3) is 0.150. The van der Waals surface area contributed by atoms with Gasteiger partial charge in [0.2, 0.25) is 5.88 Å². The Morgan fingerprint density at radius 1 is 1.20 bits per heavy atom. The minimum Gasteiger partial charge on any atom is -0.449 e. The van der Waals surface area contributed by atoms with E-state index in [9.17, 15) is 28.0 Å². The molecule has 0 aliphatic heterocycles. The maximum Gasteiger partial charge on any atom is 0.343 e. The molecule has 0 spiro atoms. The number of aromatic nitrogens is 1. The first-order chi connectivity index (χ1) is 14.2. The van der Waals surface area contributed by atoms with E-state index >= 15 is 0 Å². The van der Waals surface area contributed by atoms with Crippen LogP contribution in [0.2, 0.25) is 0 Å². The second-order valence-electron chi connectivity index (χ2n) is 6.18. The van der Waals surface area contributed by atoms with E-state index in [1.165, 1.54) is 18.4 Å². The zero-order chi connectivity index (χ0) is 22.0. The van der Waals surface area contributed by atoms with Crippen LogP contribution in [0.4, 0.5) is 18.9 Å². The first kappa shape index (κ1) is 20.7. The molecule has 7 nitrogen and oxygen atoms in total. The van der Waals surface area contributed by atoms with Gasteiger partial charge in [0.15, 0.2) is 23.6 Å². The van der Waals surface area contributed by atoms with Gasteiger partial charge in [-0.2, -0.15) is 5.26 Å². The zero-order valence-corrected chi connectivity index (χ0v) is 15.7.